The lowest BCUT2D eigenvalue weighted by Gasteiger charge is -2.02. The van der Waals surface area contributed by atoms with Gasteiger partial charge < -0.3 is 9.47 Å². The maximum absolute atomic E-state index is 11.1. The van der Waals surface area contributed by atoms with Crippen molar-refractivity contribution in [1.82, 2.24) is 4.98 Å². The predicted molar refractivity (Wildman–Crippen MR) is 55.7 cm³/mol. The van der Waals surface area contributed by atoms with Crippen LogP contribution in [0.3, 0.4) is 0 Å². The Morgan fingerprint density at radius 3 is 2.80 bits per heavy atom. The number of pyridine rings is 1. The number of aryl methyl sites for hydroxylation is 1. The van der Waals surface area contributed by atoms with E-state index in [0.29, 0.717) is 19.4 Å². The van der Waals surface area contributed by atoms with Crippen molar-refractivity contribution < 1.29 is 14.3 Å². The van der Waals surface area contributed by atoms with E-state index in [1.165, 1.54) is 0 Å². The summed E-state index contributed by atoms with van der Waals surface area (Å²) in [4.78, 5) is 15.2. The first-order valence-corrected chi connectivity index (χ1v) is 4.90. The third-order valence-electron chi connectivity index (χ3n) is 1.92. The Bertz CT molecular complexity index is 308. The van der Waals surface area contributed by atoms with E-state index in [1.54, 1.807) is 20.2 Å². The highest BCUT2D eigenvalue weighted by molar-refractivity contribution is 5.69. The van der Waals surface area contributed by atoms with Gasteiger partial charge in [-0.25, -0.2) is 0 Å². The molecule has 0 amide bonds. The summed E-state index contributed by atoms with van der Waals surface area (Å²) < 4.78 is 9.80. The molecule has 0 unspecified atom stereocenters. The maximum atomic E-state index is 11.1. The highest BCUT2D eigenvalue weighted by Crippen LogP contribution is 2.09. The second-order valence-electron chi connectivity index (χ2n) is 2.99. The normalized spacial score (nSPS) is 9.73. The third kappa shape index (κ3) is 3.97. The monoisotopic (exact) mass is 209 g/mol. The average molecular weight is 209 g/mol. The molecule has 0 N–H and O–H groups in total. The minimum atomic E-state index is -0.185. The van der Waals surface area contributed by atoms with Crippen molar-refractivity contribution in [3.63, 3.8) is 0 Å². The van der Waals surface area contributed by atoms with Crippen LogP contribution in [0.4, 0.5) is 0 Å². The fraction of sp³-hybridized carbons (Fsp3) is 0.455. The molecule has 0 fully saturated rings. The first-order chi connectivity index (χ1) is 7.26. The summed E-state index contributed by atoms with van der Waals surface area (Å²) >= 11 is 0. The third-order valence-corrected chi connectivity index (χ3v) is 1.92. The molecule has 1 rings (SSSR count). The maximum Gasteiger partial charge on any atom is 0.306 e. The van der Waals surface area contributed by atoms with Crippen molar-refractivity contribution in [2.75, 3.05) is 13.7 Å². The van der Waals surface area contributed by atoms with E-state index < -0.39 is 0 Å². The SMILES string of the molecule is CCOC(=O)CCc1ccc(OC)cn1. The Balaban J connectivity index is 2.40. The average Bonchev–Trinajstić information content (AvgIpc) is 2.27. The van der Waals surface area contributed by atoms with Gasteiger partial charge in [0.2, 0.25) is 0 Å². The van der Waals surface area contributed by atoms with Crippen molar-refractivity contribution >= 4 is 5.97 Å². The Kier molecular flexibility index (Phi) is 4.60. The topological polar surface area (TPSA) is 48.4 Å². The van der Waals surface area contributed by atoms with Crippen LogP contribution in [0.5, 0.6) is 5.75 Å². The van der Waals surface area contributed by atoms with E-state index in [-0.39, 0.29) is 5.97 Å². The Morgan fingerprint density at radius 2 is 2.27 bits per heavy atom. The van der Waals surface area contributed by atoms with Crippen LogP contribution in [0.25, 0.3) is 0 Å². The number of carbonyl (C=O) groups is 1. The van der Waals surface area contributed by atoms with Crippen molar-refractivity contribution in [3.8, 4) is 5.75 Å². The Morgan fingerprint density at radius 1 is 1.47 bits per heavy atom. The van der Waals surface area contributed by atoms with Crippen molar-refractivity contribution in [2.45, 2.75) is 19.8 Å². The summed E-state index contributed by atoms with van der Waals surface area (Å²) in [6.45, 7) is 2.22. The van der Waals surface area contributed by atoms with Gasteiger partial charge in [0.1, 0.15) is 5.75 Å². The van der Waals surface area contributed by atoms with Gasteiger partial charge in [0.15, 0.2) is 0 Å². The van der Waals surface area contributed by atoms with Gasteiger partial charge in [-0.3, -0.25) is 9.78 Å². The van der Waals surface area contributed by atoms with Gasteiger partial charge in [0.05, 0.1) is 26.3 Å². The molecule has 0 aromatic carbocycles. The summed E-state index contributed by atoms with van der Waals surface area (Å²) in [6, 6.07) is 3.67. The van der Waals surface area contributed by atoms with Crippen LogP contribution in [-0.4, -0.2) is 24.7 Å². The molecule has 0 saturated heterocycles. The molecular weight excluding hydrogens is 194 g/mol. The molecule has 4 heteroatoms. The number of ether oxygens (including phenoxy) is 2. The van der Waals surface area contributed by atoms with Crippen molar-refractivity contribution in [3.05, 3.63) is 24.0 Å². The summed E-state index contributed by atoms with van der Waals surface area (Å²) in [7, 11) is 1.59. The lowest BCUT2D eigenvalue weighted by molar-refractivity contribution is -0.143. The lowest BCUT2D eigenvalue weighted by Crippen LogP contribution is -2.05. The number of rotatable bonds is 5. The minimum Gasteiger partial charge on any atom is -0.495 e. The first kappa shape index (κ1) is 11.5. The molecule has 1 aromatic heterocycles. The van der Waals surface area contributed by atoms with Crippen LogP contribution in [0.2, 0.25) is 0 Å². The summed E-state index contributed by atoms with van der Waals surface area (Å²) in [6.07, 6.45) is 2.61. The number of methoxy groups -OCH3 is 1. The van der Waals surface area contributed by atoms with Gasteiger partial charge in [0.25, 0.3) is 0 Å². The number of nitrogens with zero attached hydrogens (tertiary/aromatic N) is 1. The molecule has 4 nitrogen and oxygen atoms in total. The zero-order chi connectivity index (χ0) is 11.1. The molecule has 1 heterocycles. The molecular formula is C11H15NO3. The van der Waals surface area contributed by atoms with Gasteiger partial charge in [-0.05, 0) is 19.1 Å². The van der Waals surface area contributed by atoms with E-state index in [9.17, 15) is 4.79 Å². The van der Waals surface area contributed by atoms with Gasteiger partial charge in [0, 0.05) is 12.1 Å². The summed E-state index contributed by atoms with van der Waals surface area (Å²) in [5.74, 6) is 0.532. The number of hydrogen-bond donors (Lipinski definition) is 0. The summed E-state index contributed by atoms with van der Waals surface area (Å²) in [5, 5.41) is 0. The van der Waals surface area contributed by atoms with Crippen LogP contribution in [0.15, 0.2) is 18.3 Å². The van der Waals surface area contributed by atoms with Crippen molar-refractivity contribution in [1.29, 1.82) is 0 Å². The number of carbonyl (C=O) groups excluding carboxylic acids is 1. The largest absolute Gasteiger partial charge is 0.495 e. The van der Waals surface area contributed by atoms with Crippen LogP contribution in [0, 0.1) is 0 Å². The smallest absolute Gasteiger partial charge is 0.306 e. The second-order valence-corrected chi connectivity index (χ2v) is 2.99. The molecule has 0 radical (unpaired) electrons. The standard InChI is InChI=1S/C11H15NO3/c1-3-15-11(13)7-5-9-4-6-10(14-2)8-12-9/h4,6,8H,3,5,7H2,1-2H3. The molecule has 0 spiro atoms. The Hall–Kier alpha value is -1.58. The molecule has 0 aliphatic carbocycles. The first-order valence-electron chi connectivity index (χ1n) is 4.90. The fourth-order valence-corrected chi connectivity index (χ4v) is 1.14. The molecule has 0 aliphatic heterocycles. The van der Waals surface area contributed by atoms with Crippen LogP contribution in [0.1, 0.15) is 19.0 Å². The minimum absolute atomic E-state index is 0.185. The Labute approximate surface area is 89.2 Å². The second kappa shape index (κ2) is 6.01. The molecule has 0 saturated carbocycles. The molecule has 15 heavy (non-hydrogen) atoms. The van der Waals surface area contributed by atoms with Crippen LogP contribution < -0.4 is 4.74 Å². The van der Waals surface area contributed by atoms with E-state index >= 15 is 0 Å². The highest BCUT2D eigenvalue weighted by atomic mass is 16.5. The van der Waals surface area contributed by atoms with E-state index in [1.807, 2.05) is 12.1 Å². The lowest BCUT2D eigenvalue weighted by atomic mass is 10.2. The zero-order valence-electron chi connectivity index (χ0n) is 9.03. The van der Waals surface area contributed by atoms with Gasteiger partial charge in [-0.2, -0.15) is 0 Å². The van der Waals surface area contributed by atoms with E-state index in [4.69, 9.17) is 9.47 Å². The molecule has 1 aromatic rings. The molecule has 0 bridgehead atoms. The van der Waals surface area contributed by atoms with Crippen LogP contribution in [-0.2, 0) is 16.0 Å². The van der Waals surface area contributed by atoms with E-state index in [0.717, 1.165) is 11.4 Å². The van der Waals surface area contributed by atoms with Gasteiger partial charge in [-0.15, -0.1) is 0 Å². The zero-order valence-corrected chi connectivity index (χ0v) is 9.03. The molecule has 0 atom stereocenters. The number of esters is 1. The van der Waals surface area contributed by atoms with E-state index in [2.05, 4.69) is 4.98 Å². The predicted octanol–water partition coefficient (Wildman–Crippen LogP) is 1.59. The number of hydrogen-bond acceptors (Lipinski definition) is 4. The molecule has 82 valence electrons. The quantitative estimate of drug-likeness (QED) is 0.691. The van der Waals surface area contributed by atoms with Crippen LogP contribution >= 0.6 is 0 Å². The number of aromatic nitrogens is 1. The molecule has 0 aliphatic rings. The highest BCUT2D eigenvalue weighted by Gasteiger charge is 2.03. The summed E-state index contributed by atoms with van der Waals surface area (Å²) in [5.41, 5.74) is 0.865. The fourth-order valence-electron chi connectivity index (χ4n) is 1.14. The van der Waals surface area contributed by atoms with Gasteiger partial charge in [-0.1, -0.05) is 0 Å². The van der Waals surface area contributed by atoms with Crippen molar-refractivity contribution in [2.24, 2.45) is 0 Å². The van der Waals surface area contributed by atoms with Gasteiger partial charge >= 0.3 is 5.97 Å².